The van der Waals surface area contributed by atoms with Gasteiger partial charge in [0.2, 0.25) is 0 Å². The molecule has 17 heavy (non-hydrogen) atoms. The summed E-state index contributed by atoms with van der Waals surface area (Å²) in [6, 6.07) is 0.274. The first-order chi connectivity index (χ1) is 7.92. The van der Waals surface area contributed by atoms with E-state index >= 15 is 0 Å². The summed E-state index contributed by atoms with van der Waals surface area (Å²) in [5.74, 6) is 2.21. The highest BCUT2D eigenvalue weighted by atomic mass is 16.5. The van der Waals surface area contributed by atoms with Gasteiger partial charge in [0.05, 0.1) is 11.2 Å². The second kappa shape index (κ2) is 2.75. The minimum absolute atomic E-state index is 0.0288. The van der Waals surface area contributed by atoms with Crippen molar-refractivity contribution in [1.29, 1.82) is 0 Å². The van der Waals surface area contributed by atoms with Crippen molar-refractivity contribution in [3.8, 4) is 0 Å². The fraction of sp³-hybridized carbons (Fsp3) is 1.00. The molecule has 0 radical (unpaired) electrons. The topological polar surface area (TPSA) is 35.2 Å². The molecule has 2 nitrogen and oxygen atoms in total. The number of ether oxygens (including phenoxy) is 1. The van der Waals surface area contributed by atoms with Crippen molar-refractivity contribution < 1.29 is 4.74 Å². The molecule has 3 bridgehead atoms. The van der Waals surface area contributed by atoms with Gasteiger partial charge in [-0.1, -0.05) is 6.92 Å². The summed E-state index contributed by atoms with van der Waals surface area (Å²) in [4.78, 5) is 0. The Balaban J connectivity index is 1.90. The van der Waals surface area contributed by atoms with Crippen molar-refractivity contribution in [2.45, 2.75) is 70.1 Å². The molecule has 0 aromatic heterocycles. The van der Waals surface area contributed by atoms with Crippen LogP contribution in [-0.2, 0) is 4.74 Å². The second-order valence-corrected chi connectivity index (χ2v) is 7.70. The zero-order chi connectivity index (χ0) is 12.1. The highest BCUT2D eigenvalue weighted by Crippen LogP contribution is 2.71. The van der Waals surface area contributed by atoms with E-state index in [1.165, 1.54) is 32.1 Å². The first kappa shape index (κ1) is 10.8. The van der Waals surface area contributed by atoms with Gasteiger partial charge >= 0.3 is 0 Å². The lowest BCUT2D eigenvalue weighted by molar-refractivity contribution is -0.112. The first-order valence-corrected chi connectivity index (χ1v) is 7.38. The molecule has 2 N–H and O–H groups in total. The highest BCUT2D eigenvalue weighted by molar-refractivity contribution is 5.23. The summed E-state index contributed by atoms with van der Waals surface area (Å²) in [7, 11) is 0. The highest BCUT2D eigenvalue weighted by Gasteiger charge is 2.73. The summed E-state index contributed by atoms with van der Waals surface area (Å²) >= 11 is 0. The Hall–Kier alpha value is -0.0800. The number of nitrogens with two attached hydrogens (primary N) is 1. The monoisotopic (exact) mass is 235 g/mol. The SMILES string of the molecule is C[C@@H]1CC[C@H]2[C@]13CC[C@@]1(C)O[C@@]2(C)[C@@H](N)[C@@H]1C3. The van der Waals surface area contributed by atoms with E-state index in [1.807, 2.05) is 0 Å². The Morgan fingerprint density at radius 1 is 1.18 bits per heavy atom. The molecule has 1 spiro atoms. The second-order valence-electron chi connectivity index (χ2n) is 7.70. The average Bonchev–Trinajstić information content (AvgIpc) is 2.62. The van der Waals surface area contributed by atoms with Crippen LogP contribution in [0.4, 0.5) is 0 Å². The van der Waals surface area contributed by atoms with E-state index in [-0.39, 0.29) is 17.2 Å². The van der Waals surface area contributed by atoms with E-state index in [9.17, 15) is 0 Å². The lowest BCUT2D eigenvalue weighted by Gasteiger charge is -2.54. The van der Waals surface area contributed by atoms with Gasteiger partial charge in [-0.05, 0) is 63.2 Å². The zero-order valence-electron chi connectivity index (χ0n) is 11.3. The van der Waals surface area contributed by atoms with Crippen molar-refractivity contribution in [2.24, 2.45) is 28.9 Å². The van der Waals surface area contributed by atoms with Crippen molar-refractivity contribution in [3.05, 3.63) is 0 Å². The lowest BCUT2D eigenvalue weighted by Crippen LogP contribution is -2.61. The maximum Gasteiger partial charge on any atom is 0.0849 e. The van der Waals surface area contributed by atoms with Crippen LogP contribution in [0.15, 0.2) is 0 Å². The van der Waals surface area contributed by atoms with Gasteiger partial charge < -0.3 is 10.5 Å². The van der Waals surface area contributed by atoms with Gasteiger partial charge in [0.25, 0.3) is 0 Å². The molecular formula is C15H25NO. The van der Waals surface area contributed by atoms with Gasteiger partial charge in [-0.2, -0.15) is 0 Å². The van der Waals surface area contributed by atoms with Crippen LogP contribution >= 0.6 is 0 Å². The molecule has 4 fully saturated rings. The minimum atomic E-state index is -0.0288. The lowest BCUT2D eigenvalue weighted by atomic mass is 9.49. The maximum absolute atomic E-state index is 6.60. The van der Waals surface area contributed by atoms with Crippen LogP contribution in [-0.4, -0.2) is 17.2 Å². The largest absolute Gasteiger partial charge is 0.367 e. The molecule has 2 heteroatoms. The number of fused-ring (bicyclic) bond motifs is 2. The Kier molecular flexibility index (Phi) is 1.75. The average molecular weight is 235 g/mol. The van der Waals surface area contributed by atoms with Crippen LogP contribution in [0.1, 0.15) is 52.9 Å². The molecule has 1 heterocycles. The summed E-state index contributed by atoms with van der Waals surface area (Å²) in [5.41, 5.74) is 7.20. The summed E-state index contributed by atoms with van der Waals surface area (Å²) < 4.78 is 6.60. The van der Waals surface area contributed by atoms with E-state index in [0.717, 1.165) is 11.8 Å². The third-order valence-electron chi connectivity index (χ3n) is 7.28. The standard InChI is InChI=1S/C15H25NO/c1-9-4-5-11-14(3)12(16)10-8-15(9,11)7-6-13(10,2)17-14/h9-12H,4-8,16H2,1-3H3/t9-,10+,11-,12+,13-,14-,15+/m1/s1. The fourth-order valence-corrected chi connectivity index (χ4v) is 6.26. The Labute approximate surface area is 104 Å². The molecule has 3 saturated carbocycles. The van der Waals surface area contributed by atoms with E-state index in [1.54, 1.807) is 0 Å². The van der Waals surface area contributed by atoms with E-state index in [4.69, 9.17) is 10.5 Å². The molecule has 4 aliphatic rings. The molecule has 0 amide bonds. The summed E-state index contributed by atoms with van der Waals surface area (Å²) in [6.45, 7) is 7.11. The molecule has 7 atom stereocenters. The van der Waals surface area contributed by atoms with Gasteiger partial charge in [-0.3, -0.25) is 0 Å². The van der Waals surface area contributed by atoms with Crippen LogP contribution in [0.3, 0.4) is 0 Å². The summed E-state index contributed by atoms with van der Waals surface area (Å²) in [6.07, 6.45) is 6.69. The molecule has 3 aliphatic carbocycles. The van der Waals surface area contributed by atoms with Crippen LogP contribution in [0.2, 0.25) is 0 Å². The molecule has 1 saturated heterocycles. The molecule has 0 aromatic rings. The molecule has 0 aromatic carbocycles. The van der Waals surface area contributed by atoms with Crippen molar-refractivity contribution >= 4 is 0 Å². The minimum Gasteiger partial charge on any atom is -0.367 e. The predicted octanol–water partition coefficient (Wildman–Crippen LogP) is 2.71. The molecular weight excluding hydrogens is 210 g/mol. The number of hydrogen-bond donors (Lipinski definition) is 1. The van der Waals surface area contributed by atoms with Crippen molar-refractivity contribution in [2.75, 3.05) is 0 Å². The van der Waals surface area contributed by atoms with Gasteiger partial charge in [0.15, 0.2) is 0 Å². The summed E-state index contributed by atoms with van der Waals surface area (Å²) in [5, 5.41) is 0. The van der Waals surface area contributed by atoms with E-state index < -0.39 is 0 Å². The van der Waals surface area contributed by atoms with Crippen LogP contribution in [0.25, 0.3) is 0 Å². The van der Waals surface area contributed by atoms with Crippen molar-refractivity contribution in [1.82, 2.24) is 0 Å². The smallest absolute Gasteiger partial charge is 0.0849 e. The molecule has 1 aliphatic heterocycles. The maximum atomic E-state index is 6.60. The van der Waals surface area contributed by atoms with Gasteiger partial charge in [0.1, 0.15) is 0 Å². The fourth-order valence-electron chi connectivity index (χ4n) is 6.26. The molecule has 96 valence electrons. The molecule has 0 unspecified atom stereocenters. The van der Waals surface area contributed by atoms with Crippen LogP contribution in [0, 0.1) is 23.2 Å². The Morgan fingerprint density at radius 3 is 2.71 bits per heavy atom. The predicted molar refractivity (Wildman–Crippen MR) is 67.5 cm³/mol. The van der Waals surface area contributed by atoms with Gasteiger partial charge in [-0.15, -0.1) is 0 Å². The normalized spacial score (nSPS) is 68.5. The van der Waals surface area contributed by atoms with Crippen LogP contribution in [0.5, 0.6) is 0 Å². The Morgan fingerprint density at radius 2 is 1.94 bits per heavy atom. The van der Waals surface area contributed by atoms with Crippen molar-refractivity contribution in [3.63, 3.8) is 0 Å². The third kappa shape index (κ3) is 0.952. The van der Waals surface area contributed by atoms with E-state index in [0.29, 0.717) is 11.3 Å². The quantitative estimate of drug-likeness (QED) is 0.700. The van der Waals surface area contributed by atoms with Crippen LogP contribution < -0.4 is 5.73 Å². The molecule has 4 rings (SSSR count). The number of hydrogen-bond acceptors (Lipinski definition) is 2. The van der Waals surface area contributed by atoms with E-state index in [2.05, 4.69) is 20.8 Å². The third-order valence-corrected chi connectivity index (χ3v) is 7.28. The Bertz CT molecular complexity index is 383. The number of rotatable bonds is 0. The zero-order valence-corrected chi connectivity index (χ0v) is 11.3. The van der Waals surface area contributed by atoms with Gasteiger partial charge in [-0.25, -0.2) is 0 Å². The van der Waals surface area contributed by atoms with Gasteiger partial charge in [0, 0.05) is 12.0 Å². The first-order valence-electron chi connectivity index (χ1n) is 7.38.